The molecule has 1 aliphatic rings. The number of rotatable bonds is 2. The van der Waals surface area contributed by atoms with Gasteiger partial charge in [0.25, 0.3) is 0 Å². The minimum absolute atomic E-state index is 0.166. The molecule has 0 spiro atoms. The zero-order valence-corrected chi connectivity index (χ0v) is 9.45. The summed E-state index contributed by atoms with van der Waals surface area (Å²) in [5.41, 5.74) is 9.35. The number of ether oxygens (including phenoxy) is 1. The van der Waals surface area contributed by atoms with Gasteiger partial charge in [-0.25, -0.2) is 0 Å². The van der Waals surface area contributed by atoms with Crippen LogP contribution in [0, 0.1) is 13.8 Å². The second kappa shape index (κ2) is 3.70. The average molecular weight is 207 g/mol. The second-order valence-corrected chi connectivity index (χ2v) is 3.93. The van der Waals surface area contributed by atoms with Gasteiger partial charge in [0, 0.05) is 24.7 Å². The molecule has 2 rings (SSSR count). The first-order chi connectivity index (χ1) is 7.11. The van der Waals surface area contributed by atoms with Crippen LogP contribution in [0.25, 0.3) is 0 Å². The van der Waals surface area contributed by atoms with Crippen molar-refractivity contribution < 1.29 is 4.74 Å². The summed E-state index contributed by atoms with van der Waals surface area (Å²) < 4.78 is 7.35. The lowest BCUT2D eigenvalue weighted by Gasteiger charge is -2.13. The van der Waals surface area contributed by atoms with Crippen molar-refractivity contribution in [1.29, 1.82) is 0 Å². The summed E-state index contributed by atoms with van der Waals surface area (Å²) in [6.07, 6.45) is 3.03. The van der Waals surface area contributed by atoms with Gasteiger partial charge in [-0.05, 0) is 19.9 Å². The van der Waals surface area contributed by atoms with Crippen molar-refractivity contribution in [2.45, 2.75) is 26.3 Å². The van der Waals surface area contributed by atoms with Crippen LogP contribution in [-0.4, -0.2) is 16.4 Å². The zero-order chi connectivity index (χ0) is 11.0. The minimum atomic E-state index is -0.166. The molecule has 1 aliphatic heterocycles. The summed E-state index contributed by atoms with van der Waals surface area (Å²) in [5.74, 6) is 0.884. The van der Waals surface area contributed by atoms with Crippen molar-refractivity contribution in [3.63, 3.8) is 0 Å². The van der Waals surface area contributed by atoms with Crippen LogP contribution in [0.4, 0.5) is 0 Å². The molecular weight excluding hydrogens is 190 g/mol. The van der Waals surface area contributed by atoms with E-state index in [1.54, 1.807) is 0 Å². The molecule has 4 nitrogen and oxygen atoms in total. The number of nitrogens with two attached hydrogens (primary N) is 1. The number of aryl methyl sites for hydroxylation is 2. The first-order valence-electron chi connectivity index (χ1n) is 5.19. The molecular formula is C11H17N3O. The van der Waals surface area contributed by atoms with Crippen molar-refractivity contribution in [2.75, 3.05) is 6.61 Å². The smallest absolute Gasteiger partial charge is 0.113 e. The van der Waals surface area contributed by atoms with E-state index in [1.807, 2.05) is 25.6 Å². The number of aromatic nitrogens is 2. The van der Waals surface area contributed by atoms with E-state index in [1.165, 1.54) is 0 Å². The maximum absolute atomic E-state index is 6.17. The predicted molar refractivity (Wildman–Crippen MR) is 58.3 cm³/mol. The van der Waals surface area contributed by atoms with E-state index in [-0.39, 0.29) is 6.04 Å². The quantitative estimate of drug-likeness (QED) is 0.796. The topological polar surface area (TPSA) is 53.1 Å². The van der Waals surface area contributed by atoms with Gasteiger partial charge in [0.2, 0.25) is 0 Å². The lowest BCUT2D eigenvalue weighted by Crippen LogP contribution is -2.15. The van der Waals surface area contributed by atoms with Gasteiger partial charge < -0.3 is 10.5 Å². The SMILES string of the molecule is Cc1nn(C)c(C)c1C(N)C1=CCCO1. The van der Waals surface area contributed by atoms with Gasteiger partial charge in [-0.3, -0.25) is 4.68 Å². The molecule has 0 radical (unpaired) electrons. The lowest BCUT2D eigenvalue weighted by molar-refractivity contribution is 0.225. The predicted octanol–water partition coefficient (Wildman–Crippen LogP) is 1.34. The first kappa shape index (κ1) is 10.2. The summed E-state index contributed by atoms with van der Waals surface area (Å²) in [6, 6.07) is -0.166. The molecule has 82 valence electrons. The van der Waals surface area contributed by atoms with Crippen LogP contribution < -0.4 is 5.73 Å². The minimum Gasteiger partial charge on any atom is -0.496 e. The first-order valence-corrected chi connectivity index (χ1v) is 5.19. The lowest BCUT2D eigenvalue weighted by atomic mass is 10.0. The van der Waals surface area contributed by atoms with E-state index in [9.17, 15) is 0 Å². The van der Waals surface area contributed by atoms with Crippen LogP contribution in [0.1, 0.15) is 29.4 Å². The molecule has 0 saturated heterocycles. The Morgan fingerprint density at radius 2 is 2.27 bits per heavy atom. The van der Waals surface area contributed by atoms with Gasteiger partial charge in [0.05, 0.1) is 18.3 Å². The Bertz CT molecular complexity index is 406. The van der Waals surface area contributed by atoms with Gasteiger partial charge in [-0.1, -0.05) is 0 Å². The second-order valence-electron chi connectivity index (χ2n) is 3.93. The largest absolute Gasteiger partial charge is 0.496 e. The van der Waals surface area contributed by atoms with E-state index in [0.717, 1.165) is 35.7 Å². The third-order valence-corrected chi connectivity index (χ3v) is 2.91. The summed E-state index contributed by atoms with van der Waals surface area (Å²) in [4.78, 5) is 0. The fraction of sp³-hybridized carbons (Fsp3) is 0.545. The molecule has 0 bridgehead atoms. The van der Waals surface area contributed by atoms with Gasteiger partial charge in [-0.2, -0.15) is 5.10 Å². The Morgan fingerprint density at radius 3 is 2.73 bits per heavy atom. The molecule has 0 saturated carbocycles. The summed E-state index contributed by atoms with van der Waals surface area (Å²) in [5, 5.41) is 4.36. The van der Waals surface area contributed by atoms with Crippen molar-refractivity contribution in [2.24, 2.45) is 12.8 Å². The Kier molecular flexibility index (Phi) is 2.52. The fourth-order valence-corrected chi connectivity index (χ4v) is 2.04. The van der Waals surface area contributed by atoms with E-state index in [2.05, 4.69) is 11.2 Å². The molecule has 0 aromatic carbocycles. The van der Waals surface area contributed by atoms with Crippen LogP contribution in [0.3, 0.4) is 0 Å². The van der Waals surface area contributed by atoms with Crippen LogP contribution >= 0.6 is 0 Å². The molecule has 15 heavy (non-hydrogen) atoms. The number of nitrogens with zero attached hydrogens (tertiary/aromatic N) is 2. The summed E-state index contributed by atoms with van der Waals surface area (Å²) in [6.45, 7) is 4.77. The third kappa shape index (κ3) is 1.65. The maximum Gasteiger partial charge on any atom is 0.113 e. The van der Waals surface area contributed by atoms with Gasteiger partial charge in [-0.15, -0.1) is 0 Å². The fourth-order valence-electron chi connectivity index (χ4n) is 2.04. The van der Waals surface area contributed by atoms with E-state index >= 15 is 0 Å². The highest BCUT2D eigenvalue weighted by atomic mass is 16.5. The van der Waals surface area contributed by atoms with Crippen LogP contribution in [0.2, 0.25) is 0 Å². The zero-order valence-electron chi connectivity index (χ0n) is 9.45. The molecule has 1 aromatic heterocycles. The van der Waals surface area contributed by atoms with Crippen LogP contribution in [0.5, 0.6) is 0 Å². The normalized spacial score (nSPS) is 17.5. The Balaban J connectivity index is 2.36. The molecule has 0 amide bonds. The van der Waals surface area contributed by atoms with E-state index in [0.29, 0.717) is 0 Å². The standard InChI is InChI=1S/C11H17N3O/c1-7-10(8(2)14(3)13-7)11(12)9-5-4-6-15-9/h5,11H,4,6,12H2,1-3H3. The van der Waals surface area contributed by atoms with Crippen molar-refractivity contribution in [3.05, 3.63) is 28.8 Å². The van der Waals surface area contributed by atoms with E-state index < -0.39 is 0 Å². The maximum atomic E-state index is 6.17. The average Bonchev–Trinajstić information content (AvgIpc) is 2.76. The van der Waals surface area contributed by atoms with E-state index in [4.69, 9.17) is 10.5 Å². The van der Waals surface area contributed by atoms with Gasteiger partial charge >= 0.3 is 0 Å². The molecule has 1 atom stereocenters. The number of hydrogen-bond donors (Lipinski definition) is 1. The molecule has 1 aromatic rings. The van der Waals surface area contributed by atoms with Crippen LogP contribution in [0.15, 0.2) is 11.8 Å². The Hall–Kier alpha value is -1.29. The Labute approximate surface area is 89.7 Å². The van der Waals surface area contributed by atoms with Gasteiger partial charge in [0.15, 0.2) is 0 Å². The van der Waals surface area contributed by atoms with Crippen molar-refractivity contribution in [1.82, 2.24) is 9.78 Å². The molecule has 0 aliphatic carbocycles. The summed E-state index contributed by atoms with van der Waals surface area (Å²) in [7, 11) is 1.93. The number of hydrogen-bond acceptors (Lipinski definition) is 3. The highest BCUT2D eigenvalue weighted by Gasteiger charge is 2.22. The Morgan fingerprint density at radius 1 is 1.53 bits per heavy atom. The monoisotopic (exact) mass is 207 g/mol. The molecule has 0 fully saturated rings. The van der Waals surface area contributed by atoms with Crippen molar-refractivity contribution in [3.8, 4) is 0 Å². The molecule has 2 N–H and O–H groups in total. The summed E-state index contributed by atoms with van der Waals surface area (Å²) >= 11 is 0. The molecule has 2 heterocycles. The highest BCUT2D eigenvalue weighted by Crippen LogP contribution is 2.28. The van der Waals surface area contributed by atoms with Crippen LogP contribution in [-0.2, 0) is 11.8 Å². The van der Waals surface area contributed by atoms with Crippen molar-refractivity contribution >= 4 is 0 Å². The highest BCUT2D eigenvalue weighted by molar-refractivity contribution is 5.33. The molecule has 1 unspecified atom stereocenters. The van der Waals surface area contributed by atoms with Gasteiger partial charge in [0.1, 0.15) is 5.76 Å². The molecule has 4 heteroatoms. The third-order valence-electron chi connectivity index (χ3n) is 2.91.